The standard InChI is InChI=1S/C25H28F2N6O4/c1-4-18-21(22(28)32-24(29)31-18)14-5-6-20-19(9-14)33(8-7-30-36-13-35-3)23(34)25(2,37-20)15-10-16(26)12-17(27)11-15/h5-6,9-12,30H,4,7-8,13H2,1-3H3,(H4,28,29,31,32)/t25-/m0/s1. The molecule has 1 aromatic heterocycles. The van der Waals surface area contributed by atoms with E-state index < -0.39 is 23.1 Å². The smallest absolute Gasteiger partial charge is 0.275 e. The number of carbonyl (C=O) groups is 1. The molecule has 1 aliphatic rings. The number of carbonyl (C=O) groups excluding carboxylic acids is 1. The van der Waals surface area contributed by atoms with Crippen molar-refractivity contribution >= 4 is 23.4 Å². The zero-order chi connectivity index (χ0) is 26.7. The molecule has 196 valence electrons. The number of halogens is 2. The number of aryl methyl sites for hydroxylation is 1. The Morgan fingerprint density at radius 3 is 2.54 bits per heavy atom. The van der Waals surface area contributed by atoms with Crippen LogP contribution in [-0.2, 0) is 26.4 Å². The number of nitrogens with one attached hydrogen (secondary N) is 1. The second kappa shape index (κ2) is 10.6. The Bertz CT molecular complexity index is 1300. The number of rotatable bonds is 9. The third kappa shape index (κ3) is 5.17. The molecule has 0 spiro atoms. The first-order valence-corrected chi connectivity index (χ1v) is 11.5. The predicted molar refractivity (Wildman–Crippen MR) is 133 cm³/mol. The highest BCUT2D eigenvalue weighted by atomic mass is 19.1. The van der Waals surface area contributed by atoms with Crippen LogP contribution in [0.5, 0.6) is 5.75 Å². The monoisotopic (exact) mass is 514 g/mol. The lowest BCUT2D eigenvalue weighted by Gasteiger charge is -2.41. The van der Waals surface area contributed by atoms with Gasteiger partial charge in [-0.15, -0.1) is 0 Å². The fourth-order valence-electron chi connectivity index (χ4n) is 4.28. The molecule has 1 amide bonds. The summed E-state index contributed by atoms with van der Waals surface area (Å²) in [7, 11) is 1.48. The first kappa shape index (κ1) is 26.2. The van der Waals surface area contributed by atoms with Crippen LogP contribution in [0.4, 0.5) is 26.2 Å². The van der Waals surface area contributed by atoms with E-state index in [1.165, 1.54) is 18.9 Å². The SMILES string of the molecule is CCc1nc(N)nc(N)c1-c1ccc2c(c1)N(CCNOCOC)C(=O)[C@](C)(c1cc(F)cc(F)c1)O2. The van der Waals surface area contributed by atoms with Gasteiger partial charge in [0.1, 0.15) is 23.2 Å². The minimum atomic E-state index is -1.69. The Hall–Kier alpha value is -3.87. The number of methoxy groups -OCH3 is 1. The van der Waals surface area contributed by atoms with Crippen molar-refractivity contribution in [2.24, 2.45) is 0 Å². The third-order valence-corrected chi connectivity index (χ3v) is 6.00. The molecule has 2 heterocycles. The minimum absolute atomic E-state index is 0.00822. The van der Waals surface area contributed by atoms with Crippen molar-refractivity contribution in [2.75, 3.05) is 43.4 Å². The fourth-order valence-corrected chi connectivity index (χ4v) is 4.28. The van der Waals surface area contributed by atoms with Crippen molar-refractivity contribution < 1.29 is 27.9 Å². The van der Waals surface area contributed by atoms with Crippen molar-refractivity contribution in [3.8, 4) is 16.9 Å². The van der Waals surface area contributed by atoms with Crippen molar-refractivity contribution in [1.82, 2.24) is 15.4 Å². The van der Waals surface area contributed by atoms with Gasteiger partial charge in [0.2, 0.25) is 11.5 Å². The molecular weight excluding hydrogens is 486 g/mol. The molecule has 0 saturated heterocycles. The molecule has 1 aliphatic heterocycles. The topological polar surface area (TPSA) is 138 Å². The molecule has 12 heteroatoms. The van der Waals surface area contributed by atoms with E-state index in [1.807, 2.05) is 6.92 Å². The highest BCUT2D eigenvalue weighted by Crippen LogP contribution is 2.45. The largest absolute Gasteiger partial charge is 0.471 e. The van der Waals surface area contributed by atoms with Gasteiger partial charge in [0.05, 0.1) is 11.4 Å². The number of anilines is 3. The number of amides is 1. The Morgan fingerprint density at radius 1 is 1.14 bits per heavy atom. The van der Waals surface area contributed by atoms with E-state index in [1.54, 1.807) is 18.2 Å². The number of nitrogen functional groups attached to an aromatic ring is 2. The van der Waals surface area contributed by atoms with E-state index in [9.17, 15) is 13.6 Å². The van der Waals surface area contributed by atoms with Gasteiger partial charge >= 0.3 is 0 Å². The lowest BCUT2D eigenvalue weighted by atomic mass is 9.91. The predicted octanol–water partition coefficient (Wildman–Crippen LogP) is 2.91. The molecule has 0 fully saturated rings. The Balaban J connectivity index is 1.80. The Morgan fingerprint density at radius 2 is 1.86 bits per heavy atom. The second-order valence-electron chi connectivity index (χ2n) is 8.52. The molecule has 37 heavy (non-hydrogen) atoms. The summed E-state index contributed by atoms with van der Waals surface area (Å²) >= 11 is 0. The average molecular weight is 515 g/mol. The van der Waals surface area contributed by atoms with Crippen molar-refractivity contribution in [3.63, 3.8) is 0 Å². The van der Waals surface area contributed by atoms with E-state index in [4.69, 9.17) is 25.8 Å². The van der Waals surface area contributed by atoms with Crippen molar-refractivity contribution in [2.45, 2.75) is 25.9 Å². The first-order chi connectivity index (χ1) is 17.7. The van der Waals surface area contributed by atoms with Crippen molar-refractivity contribution in [3.05, 3.63) is 59.3 Å². The average Bonchev–Trinajstić information content (AvgIpc) is 2.85. The van der Waals surface area contributed by atoms with Gasteiger partial charge in [-0.1, -0.05) is 13.0 Å². The zero-order valence-electron chi connectivity index (χ0n) is 20.7. The molecular formula is C25H28F2N6O4. The van der Waals surface area contributed by atoms with Gasteiger partial charge in [-0.2, -0.15) is 10.5 Å². The van der Waals surface area contributed by atoms with E-state index >= 15 is 0 Å². The van der Waals surface area contributed by atoms with Gasteiger partial charge < -0.3 is 25.8 Å². The first-order valence-electron chi connectivity index (χ1n) is 11.5. The van der Waals surface area contributed by atoms with Crippen molar-refractivity contribution in [1.29, 1.82) is 0 Å². The molecule has 0 radical (unpaired) electrons. The zero-order valence-corrected chi connectivity index (χ0v) is 20.7. The van der Waals surface area contributed by atoms with Crippen LogP contribution >= 0.6 is 0 Å². The molecule has 2 aromatic carbocycles. The number of nitrogens with two attached hydrogens (primary N) is 2. The number of fused-ring (bicyclic) bond motifs is 1. The van der Waals surface area contributed by atoms with Crippen LogP contribution in [0.3, 0.4) is 0 Å². The van der Waals surface area contributed by atoms with E-state index in [-0.39, 0.29) is 37.2 Å². The summed E-state index contributed by atoms with van der Waals surface area (Å²) in [6, 6.07) is 8.06. The number of hydrogen-bond donors (Lipinski definition) is 3. The van der Waals surface area contributed by atoms with Gasteiger partial charge in [-0.05, 0) is 43.2 Å². The van der Waals surface area contributed by atoms with Gasteiger partial charge in [-0.25, -0.2) is 13.8 Å². The van der Waals surface area contributed by atoms with Crippen LogP contribution in [0.25, 0.3) is 11.1 Å². The number of benzene rings is 2. The number of aromatic nitrogens is 2. The molecule has 1 atom stereocenters. The molecule has 0 unspecified atom stereocenters. The van der Waals surface area contributed by atoms with Gasteiger partial charge in [0.25, 0.3) is 5.91 Å². The maximum Gasteiger partial charge on any atom is 0.275 e. The molecule has 5 N–H and O–H groups in total. The summed E-state index contributed by atoms with van der Waals surface area (Å²) in [5.74, 6) is -1.55. The lowest BCUT2D eigenvalue weighted by molar-refractivity contribution is -0.135. The minimum Gasteiger partial charge on any atom is -0.471 e. The summed E-state index contributed by atoms with van der Waals surface area (Å²) < 4.78 is 39.1. The third-order valence-electron chi connectivity index (χ3n) is 6.00. The fraction of sp³-hybridized carbons (Fsp3) is 0.320. The van der Waals surface area contributed by atoms with Crippen LogP contribution in [0.15, 0.2) is 36.4 Å². The quantitative estimate of drug-likeness (QED) is 0.224. The van der Waals surface area contributed by atoms with Gasteiger partial charge in [-0.3, -0.25) is 9.63 Å². The lowest BCUT2D eigenvalue weighted by Crippen LogP contribution is -2.53. The van der Waals surface area contributed by atoms with Crippen LogP contribution in [0.1, 0.15) is 25.1 Å². The van der Waals surface area contributed by atoms with Crippen LogP contribution < -0.4 is 26.6 Å². The molecule has 0 bridgehead atoms. The maximum atomic E-state index is 14.1. The van der Waals surface area contributed by atoms with Gasteiger partial charge in [0, 0.05) is 37.4 Å². The Kier molecular flexibility index (Phi) is 7.52. The van der Waals surface area contributed by atoms with E-state index in [0.717, 1.165) is 18.2 Å². The molecule has 3 aromatic rings. The van der Waals surface area contributed by atoms with E-state index in [0.29, 0.717) is 34.7 Å². The Labute approximate surface area is 212 Å². The summed E-state index contributed by atoms with van der Waals surface area (Å²) in [4.78, 5) is 28.8. The van der Waals surface area contributed by atoms with Crippen LogP contribution in [0.2, 0.25) is 0 Å². The highest BCUT2D eigenvalue weighted by Gasteiger charge is 2.46. The number of ether oxygens (including phenoxy) is 2. The molecule has 0 aliphatic carbocycles. The van der Waals surface area contributed by atoms with Crippen LogP contribution in [0, 0.1) is 11.6 Å². The number of hydroxylamine groups is 1. The highest BCUT2D eigenvalue weighted by molar-refractivity contribution is 6.04. The molecule has 0 saturated carbocycles. The van der Waals surface area contributed by atoms with E-state index in [2.05, 4.69) is 15.4 Å². The summed E-state index contributed by atoms with van der Waals surface area (Å²) in [6.07, 6.45) is 0.548. The normalized spacial score (nSPS) is 17.0. The van der Waals surface area contributed by atoms with Crippen LogP contribution in [-0.4, -0.2) is 42.9 Å². The summed E-state index contributed by atoms with van der Waals surface area (Å²) in [5, 5.41) is 0. The number of nitrogens with zero attached hydrogens (tertiary/aromatic N) is 3. The maximum absolute atomic E-state index is 14.1. The molecule has 4 rings (SSSR count). The van der Waals surface area contributed by atoms with Gasteiger partial charge in [0.15, 0.2) is 6.79 Å². The molecule has 10 nitrogen and oxygen atoms in total. The number of hydrogen-bond acceptors (Lipinski definition) is 9. The second-order valence-corrected chi connectivity index (χ2v) is 8.52. The summed E-state index contributed by atoms with van der Waals surface area (Å²) in [5.41, 5.74) is 15.4. The summed E-state index contributed by atoms with van der Waals surface area (Å²) in [6.45, 7) is 3.76.